The number of rotatable bonds is 6. The molecule has 0 bridgehead atoms. The van der Waals surface area contributed by atoms with E-state index in [1.165, 1.54) is 0 Å². The number of pyridine rings is 1. The molecule has 4 rings (SSSR count). The number of nitrogens with one attached hydrogen (secondary N) is 1. The molecular weight excluding hydrogens is 374 g/mol. The molecule has 0 fully saturated rings. The van der Waals surface area contributed by atoms with E-state index in [9.17, 15) is 9.90 Å². The molecule has 2 N–H and O–H groups in total. The van der Waals surface area contributed by atoms with Gasteiger partial charge in [0.2, 0.25) is 5.89 Å². The van der Waals surface area contributed by atoms with E-state index in [-0.39, 0.29) is 18.4 Å². The highest BCUT2D eigenvalue weighted by atomic mass is 16.5. The van der Waals surface area contributed by atoms with Crippen molar-refractivity contribution in [3.05, 3.63) is 53.8 Å². The summed E-state index contributed by atoms with van der Waals surface area (Å²) in [5, 5.41) is 21.2. The summed E-state index contributed by atoms with van der Waals surface area (Å²) in [5.74, 6) is 1.14. The molecule has 3 aromatic heterocycles. The van der Waals surface area contributed by atoms with Crippen LogP contribution in [0.15, 0.2) is 40.9 Å². The maximum absolute atomic E-state index is 12.6. The zero-order chi connectivity index (χ0) is 20.5. The van der Waals surface area contributed by atoms with Gasteiger partial charge in [-0.1, -0.05) is 13.8 Å². The van der Waals surface area contributed by atoms with Gasteiger partial charge in [-0.15, -0.1) is 10.2 Å². The highest BCUT2D eigenvalue weighted by Gasteiger charge is 2.19. The number of carbonyl (C=O) groups excluding carboxylic acids is 1. The Kier molecular flexibility index (Phi) is 4.89. The fourth-order valence-electron chi connectivity index (χ4n) is 2.96. The summed E-state index contributed by atoms with van der Waals surface area (Å²) in [6.45, 7) is 3.91. The number of hydrogen-bond donors (Lipinski definition) is 2. The van der Waals surface area contributed by atoms with E-state index in [2.05, 4.69) is 20.5 Å². The number of aliphatic hydroxyl groups is 1. The number of aliphatic hydroxyl groups excluding tert-OH is 1. The Bertz CT molecular complexity index is 1180. The lowest BCUT2D eigenvalue weighted by atomic mass is 10.1. The molecule has 1 atom stereocenters. The number of fused-ring (bicyclic) bond motifs is 2. The van der Waals surface area contributed by atoms with Gasteiger partial charge in [0.05, 0.1) is 19.2 Å². The van der Waals surface area contributed by atoms with Gasteiger partial charge in [0.25, 0.3) is 5.91 Å². The third-order valence-corrected chi connectivity index (χ3v) is 4.63. The molecule has 0 saturated heterocycles. The van der Waals surface area contributed by atoms with Crippen LogP contribution in [0, 0.1) is 5.92 Å². The number of methoxy groups -OCH3 is 1. The second-order valence-corrected chi connectivity index (χ2v) is 7.02. The van der Waals surface area contributed by atoms with Gasteiger partial charge in [0.1, 0.15) is 17.4 Å². The fraction of sp³-hybridized carbons (Fsp3) is 0.300. The maximum atomic E-state index is 12.6. The lowest BCUT2D eigenvalue weighted by Crippen LogP contribution is -2.23. The highest BCUT2D eigenvalue weighted by Crippen LogP contribution is 2.22. The van der Waals surface area contributed by atoms with E-state index in [1.54, 1.807) is 48.0 Å². The van der Waals surface area contributed by atoms with Crippen LogP contribution in [0.25, 0.3) is 16.7 Å². The third-order valence-electron chi connectivity index (χ3n) is 4.63. The first kappa shape index (κ1) is 18.9. The summed E-state index contributed by atoms with van der Waals surface area (Å²) in [6.07, 6.45) is 0.836. The van der Waals surface area contributed by atoms with E-state index in [4.69, 9.17) is 9.15 Å². The molecule has 0 saturated carbocycles. The number of aromatic nitrogens is 4. The molecule has 9 heteroatoms. The molecule has 150 valence electrons. The van der Waals surface area contributed by atoms with Gasteiger partial charge >= 0.3 is 0 Å². The first-order valence-electron chi connectivity index (χ1n) is 9.20. The predicted molar refractivity (Wildman–Crippen MR) is 105 cm³/mol. The summed E-state index contributed by atoms with van der Waals surface area (Å²) in [7, 11) is 1.58. The van der Waals surface area contributed by atoms with Crippen molar-refractivity contribution in [2.75, 3.05) is 7.11 Å². The lowest BCUT2D eigenvalue weighted by molar-refractivity contribution is 0.0946. The van der Waals surface area contributed by atoms with Gasteiger partial charge < -0.3 is 19.6 Å². The second-order valence-electron chi connectivity index (χ2n) is 7.02. The largest absolute Gasteiger partial charge is 0.497 e. The molecule has 4 aromatic rings. The van der Waals surface area contributed by atoms with Crippen molar-refractivity contribution in [3.63, 3.8) is 0 Å². The zero-order valence-corrected chi connectivity index (χ0v) is 16.3. The topological polar surface area (TPSA) is 115 Å². The molecule has 3 heterocycles. The minimum absolute atomic E-state index is 0.0299. The molecule has 1 aromatic carbocycles. The van der Waals surface area contributed by atoms with Crippen LogP contribution in [0.1, 0.15) is 42.0 Å². The Morgan fingerprint density at radius 1 is 1.28 bits per heavy atom. The summed E-state index contributed by atoms with van der Waals surface area (Å²) < 4.78 is 12.5. The number of oxazole rings is 1. The second kappa shape index (κ2) is 7.51. The van der Waals surface area contributed by atoms with E-state index < -0.39 is 6.10 Å². The molecule has 0 aliphatic rings. The Balaban J connectivity index is 1.52. The van der Waals surface area contributed by atoms with Gasteiger partial charge in [-0.2, -0.15) is 0 Å². The smallest absolute Gasteiger partial charge is 0.253 e. The van der Waals surface area contributed by atoms with Crippen molar-refractivity contribution < 1.29 is 19.1 Å². The van der Waals surface area contributed by atoms with Crippen LogP contribution in [-0.2, 0) is 6.54 Å². The van der Waals surface area contributed by atoms with Gasteiger partial charge in [0.15, 0.2) is 17.1 Å². The summed E-state index contributed by atoms with van der Waals surface area (Å²) in [5.41, 5.74) is 2.25. The van der Waals surface area contributed by atoms with Gasteiger partial charge in [-0.05, 0) is 30.2 Å². The average Bonchev–Trinajstić information content (AvgIpc) is 3.33. The molecule has 0 aliphatic heterocycles. The van der Waals surface area contributed by atoms with Crippen molar-refractivity contribution in [3.8, 4) is 5.75 Å². The van der Waals surface area contributed by atoms with Crippen molar-refractivity contribution in [2.45, 2.75) is 26.5 Å². The van der Waals surface area contributed by atoms with Crippen molar-refractivity contribution in [2.24, 2.45) is 5.92 Å². The SMILES string of the molecule is COc1ccc2oc(CNC(=O)c3ccc4nnc(C(O)C(C)C)n4c3)nc2c1. The molecule has 29 heavy (non-hydrogen) atoms. The summed E-state index contributed by atoms with van der Waals surface area (Å²) in [4.78, 5) is 17.0. The van der Waals surface area contributed by atoms with Crippen molar-refractivity contribution in [1.82, 2.24) is 24.9 Å². The number of amides is 1. The Hall–Kier alpha value is -3.46. The van der Waals surface area contributed by atoms with Crippen LogP contribution in [0.2, 0.25) is 0 Å². The summed E-state index contributed by atoms with van der Waals surface area (Å²) >= 11 is 0. The Morgan fingerprint density at radius 2 is 2.10 bits per heavy atom. The van der Waals surface area contributed by atoms with Gasteiger partial charge in [-0.3, -0.25) is 9.20 Å². The third kappa shape index (κ3) is 3.64. The zero-order valence-electron chi connectivity index (χ0n) is 16.3. The van der Waals surface area contributed by atoms with Crippen LogP contribution in [0.5, 0.6) is 5.75 Å². The number of carbonyl (C=O) groups is 1. The van der Waals surface area contributed by atoms with E-state index in [0.29, 0.717) is 39.8 Å². The number of hydrogen-bond acceptors (Lipinski definition) is 7. The van der Waals surface area contributed by atoms with Crippen LogP contribution < -0.4 is 10.1 Å². The van der Waals surface area contributed by atoms with Crippen LogP contribution in [0.3, 0.4) is 0 Å². The first-order chi connectivity index (χ1) is 14.0. The van der Waals surface area contributed by atoms with Crippen LogP contribution >= 0.6 is 0 Å². The monoisotopic (exact) mass is 395 g/mol. The molecule has 0 spiro atoms. The van der Waals surface area contributed by atoms with Crippen molar-refractivity contribution in [1.29, 1.82) is 0 Å². The van der Waals surface area contributed by atoms with E-state index in [0.717, 1.165) is 0 Å². The average molecular weight is 395 g/mol. The van der Waals surface area contributed by atoms with Crippen molar-refractivity contribution >= 4 is 22.7 Å². The summed E-state index contributed by atoms with van der Waals surface area (Å²) in [6, 6.07) is 8.67. The molecular formula is C20H21N5O4. The first-order valence-corrected chi connectivity index (χ1v) is 9.20. The predicted octanol–water partition coefficient (Wildman–Crippen LogP) is 2.50. The number of nitrogens with zero attached hydrogens (tertiary/aromatic N) is 4. The Morgan fingerprint density at radius 3 is 2.86 bits per heavy atom. The minimum atomic E-state index is -0.778. The molecule has 1 unspecified atom stereocenters. The van der Waals surface area contributed by atoms with E-state index >= 15 is 0 Å². The standard InChI is InChI=1S/C20H21N5O4/c1-11(2)18(26)19-24-23-16-7-4-12(10-25(16)19)20(27)21-9-17-22-14-8-13(28-3)5-6-15(14)29-17/h4-8,10-11,18,26H,9H2,1-3H3,(H,21,27). The maximum Gasteiger partial charge on any atom is 0.253 e. The quantitative estimate of drug-likeness (QED) is 0.515. The molecule has 0 aliphatic carbocycles. The molecule has 0 radical (unpaired) electrons. The van der Waals surface area contributed by atoms with Gasteiger partial charge in [-0.25, -0.2) is 4.98 Å². The lowest BCUT2D eigenvalue weighted by Gasteiger charge is -2.12. The van der Waals surface area contributed by atoms with Crippen LogP contribution in [0.4, 0.5) is 0 Å². The fourth-order valence-corrected chi connectivity index (χ4v) is 2.96. The van der Waals surface area contributed by atoms with Crippen LogP contribution in [-0.4, -0.2) is 37.7 Å². The normalized spacial score (nSPS) is 12.6. The highest BCUT2D eigenvalue weighted by molar-refractivity contribution is 5.94. The van der Waals surface area contributed by atoms with E-state index in [1.807, 2.05) is 13.8 Å². The minimum Gasteiger partial charge on any atom is -0.497 e. The molecule has 9 nitrogen and oxygen atoms in total. The number of benzene rings is 1. The molecule has 1 amide bonds. The Labute approximate surface area is 166 Å². The number of ether oxygens (including phenoxy) is 1. The van der Waals surface area contributed by atoms with Gasteiger partial charge in [0, 0.05) is 12.3 Å².